The third-order valence-electron chi connectivity index (χ3n) is 2.05. The number of carbonyl (C=O) groups excluding carboxylic acids is 1. The summed E-state index contributed by atoms with van der Waals surface area (Å²) in [5.41, 5.74) is 3.00. The highest BCUT2D eigenvalue weighted by atomic mass is 16.5. The van der Waals surface area contributed by atoms with Crippen molar-refractivity contribution < 1.29 is 19.0 Å². The zero-order valence-corrected chi connectivity index (χ0v) is 10.6. The molecule has 0 spiro atoms. The van der Waals surface area contributed by atoms with Gasteiger partial charge in [0.15, 0.2) is 11.5 Å². The van der Waals surface area contributed by atoms with Crippen LogP contribution in [0.1, 0.15) is 12.5 Å². The van der Waals surface area contributed by atoms with Gasteiger partial charge >= 0.3 is 6.09 Å². The van der Waals surface area contributed by atoms with Gasteiger partial charge in [-0.2, -0.15) is 5.10 Å². The number of ether oxygens (including phenoxy) is 3. The van der Waals surface area contributed by atoms with E-state index in [-0.39, 0.29) is 0 Å². The Labute approximate surface area is 106 Å². The van der Waals surface area contributed by atoms with E-state index in [4.69, 9.17) is 9.47 Å². The topological polar surface area (TPSA) is 69.2 Å². The highest BCUT2D eigenvalue weighted by molar-refractivity contribution is 5.82. The predicted molar refractivity (Wildman–Crippen MR) is 67.3 cm³/mol. The van der Waals surface area contributed by atoms with Gasteiger partial charge in [0.25, 0.3) is 0 Å². The van der Waals surface area contributed by atoms with E-state index in [0.717, 1.165) is 5.56 Å². The first-order chi connectivity index (χ1) is 8.71. The summed E-state index contributed by atoms with van der Waals surface area (Å²) in [6, 6.07) is 5.29. The number of nitrogens with one attached hydrogen (secondary N) is 1. The second kappa shape index (κ2) is 7.16. The molecule has 0 aliphatic rings. The Hall–Kier alpha value is -2.24. The first kappa shape index (κ1) is 13.8. The Balaban J connectivity index is 2.67. The molecule has 0 aromatic heterocycles. The molecule has 18 heavy (non-hydrogen) atoms. The van der Waals surface area contributed by atoms with Crippen LogP contribution in [0.15, 0.2) is 23.3 Å². The molecule has 0 bridgehead atoms. The average Bonchev–Trinajstić information content (AvgIpc) is 2.38. The molecule has 0 atom stereocenters. The summed E-state index contributed by atoms with van der Waals surface area (Å²) in [7, 11) is 3.11. The second-order valence-corrected chi connectivity index (χ2v) is 3.20. The maximum absolute atomic E-state index is 11.0. The van der Waals surface area contributed by atoms with E-state index in [0.29, 0.717) is 18.1 Å². The largest absolute Gasteiger partial charge is 0.493 e. The number of methoxy groups -OCH3 is 2. The Morgan fingerprint density at radius 3 is 2.67 bits per heavy atom. The molecule has 1 aromatic rings. The summed E-state index contributed by atoms with van der Waals surface area (Å²) in [5.74, 6) is 1.23. The number of hydrazone groups is 1. The molecule has 0 radical (unpaired) electrons. The lowest BCUT2D eigenvalue weighted by Gasteiger charge is -2.07. The molecule has 0 fully saturated rings. The Kier molecular flexibility index (Phi) is 5.50. The van der Waals surface area contributed by atoms with Gasteiger partial charge in [-0.3, -0.25) is 0 Å². The number of benzene rings is 1. The third-order valence-corrected chi connectivity index (χ3v) is 2.05. The number of rotatable bonds is 5. The summed E-state index contributed by atoms with van der Waals surface area (Å²) >= 11 is 0. The highest BCUT2D eigenvalue weighted by Gasteiger charge is 2.03. The molecular formula is C12H16N2O4. The Morgan fingerprint density at radius 1 is 1.33 bits per heavy atom. The third kappa shape index (κ3) is 3.97. The van der Waals surface area contributed by atoms with E-state index in [1.54, 1.807) is 39.3 Å². The van der Waals surface area contributed by atoms with Crippen molar-refractivity contribution in [2.75, 3.05) is 20.8 Å². The van der Waals surface area contributed by atoms with E-state index in [1.165, 1.54) is 6.21 Å². The van der Waals surface area contributed by atoms with Crippen LogP contribution in [0.3, 0.4) is 0 Å². The number of carbonyl (C=O) groups is 1. The molecule has 6 heteroatoms. The van der Waals surface area contributed by atoms with E-state index in [1.807, 2.05) is 0 Å². The molecule has 0 saturated carbocycles. The van der Waals surface area contributed by atoms with Gasteiger partial charge in [-0.15, -0.1) is 0 Å². The van der Waals surface area contributed by atoms with Crippen LogP contribution in [0.2, 0.25) is 0 Å². The van der Waals surface area contributed by atoms with Crippen molar-refractivity contribution in [3.63, 3.8) is 0 Å². The fourth-order valence-electron chi connectivity index (χ4n) is 1.26. The first-order valence-electron chi connectivity index (χ1n) is 5.39. The molecule has 1 rings (SSSR count). The monoisotopic (exact) mass is 252 g/mol. The second-order valence-electron chi connectivity index (χ2n) is 3.20. The predicted octanol–water partition coefficient (Wildman–Crippen LogP) is 1.78. The zero-order valence-electron chi connectivity index (χ0n) is 10.6. The van der Waals surface area contributed by atoms with E-state index >= 15 is 0 Å². The van der Waals surface area contributed by atoms with Crippen molar-refractivity contribution in [1.82, 2.24) is 5.43 Å². The fraction of sp³-hybridized carbons (Fsp3) is 0.333. The van der Waals surface area contributed by atoms with Gasteiger partial charge < -0.3 is 14.2 Å². The normalized spacial score (nSPS) is 10.2. The average molecular weight is 252 g/mol. The van der Waals surface area contributed by atoms with Crippen LogP contribution in [0.4, 0.5) is 4.79 Å². The molecule has 0 unspecified atom stereocenters. The molecular weight excluding hydrogens is 236 g/mol. The summed E-state index contributed by atoms with van der Waals surface area (Å²) in [6.07, 6.45) is 0.896. The lowest BCUT2D eigenvalue weighted by Crippen LogP contribution is -2.18. The molecule has 0 aliphatic carbocycles. The van der Waals surface area contributed by atoms with Crippen molar-refractivity contribution in [2.24, 2.45) is 5.10 Å². The number of nitrogens with zero attached hydrogens (tertiary/aromatic N) is 1. The van der Waals surface area contributed by atoms with Gasteiger partial charge in [0.05, 0.1) is 27.0 Å². The maximum Gasteiger partial charge on any atom is 0.427 e. The molecule has 1 amide bonds. The van der Waals surface area contributed by atoms with E-state index < -0.39 is 6.09 Å². The van der Waals surface area contributed by atoms with Gasteiger partial charge in [0.1, 0.15) is 0 Å². The summed E-state index contributed by atoms with van der Waals surface area (Å²) in [4.78, 5) is 11.0. The molecule has 1 N–H and O–H groups in total. The van der Waals surface area contributed by atoms with Crippen molar-refractivity contribution >= 4 is 12.3 Å². The number of hydrogen-bond acceptors (Lipinski definition) is 5. The van der Waals surface area contributed by atoms with Crippen LogP contribution in [0.5, 0.6) is 11.5 Å². The Morgan fingerprint density at radius 2 is 2.06 bits per heavy atom. The van der Waals surface area contributed by atoms with Crippen LogP contribution in [0.25, 0.3) is 0 Å². The lowest BCUT2D eigenvalue weighted by molar-refractivity contribution is 0.152. The van der Waals surface area contributed by atoms with Gasteiger partial charge in [0.2, 0.25) is 0 Å². The smallest absolute Gasteiger partial charge is 0.427 e. The van der Waals surface area contributed by atoms with Crippen molar-refractivity contribution in [1.29, 1.82) is 0 Å². The highest BCUT2D eigenvalue weighted by Crippen LogP contribution is 2.26. The van der Waals surface area contributed by atoms with Crippen LogP contribution in [-0.2, 0) is 4.74 Å². The number of amides is 1. The molecule has 0 heterocycles. The van der Waals surface area contributed by atoms with Crippen LogP contribution >= 0.6 is 0 Å². The zero-order chi connectivity index (χ0) is 13.4. The summed E-state index contributed by atoms with van der Waals surface area (Å²) in [5, 5.41) is 3.75. The lowest BCUT2D eigenvalue weighted by atomic mass is 10.2. The van der Waals surface area contributed by atoms with Gasteiger partial charge in [-0.05, 0) is 30.7 Å². The molecule has 0 aliphatic heterocycles. The van der Waals surface area contributed by atoms with Crippen LogP contribution in [0, 0.1) is 0 Å². The maximum atomic E-state index is 11.0. The SMILES string of the molecule is CCOC(=O)NN=Cc1ccc(OC)c(OC)c1. The van der Waals surface area contributed by atoms with Gasteiger partial charge in [-0.1, -0.05) is 0 Å². The Bertz CT molecular complexity index is 432. The van der Waals surface area contributed by atoms with Crippen molar-refractivity contribution in [3.8, 4) is 11.5 Å². The first-order valence-corrected chi connectivity index (χ1v) is 5.39. The molecule has 1 aromatic carbocycles. The van der Waals surface area contributed by atoms with Crippen LogP contribution in [-0.4, -0.2) is 33.1 Å². The van der Waals surface area contributed by atoms with Gasteiger partial charge in [-0.25, -0.2) is 10.2 Å². The minimum absolute atomic E-state index is 0.303. The quantitative estimate of drug-likeness (QED) is 0.640. The molecule has 98 valence electrons. The summed E-state index contributed by atoms with van der Waals surface area (Å²) in [6.45, 7) is 2.02. The van der Waals surface area contributed by atoms with E-state index in [2.05, 4.69) is 15.3 Å². The standard InChI is InChI=1S/C12H16N2O4/c1-4-18-12(15)14-13-8-9-5-6-10(16-2)11(7-9)17-3/h5-8H,4H2,1-3H3,(H,14,15). The van der Waals surface area contributed by atoms with Crippen molar-refractivity contribution in [3.05, 3.63) is 23.8 Å². The minimum atomic E-state index is -0.589. The van der Waals surface area contributed by atoms with E-state index in [9.17, 15) is 4.79 Å². The van der Waals surface area contributed by atoms with Crippen LogP contribution < -0.4 is 14.9 Å². The molecule has 6 nitrogen and oxygen atoms in total. The van der Waals surface area contributed by atoms with Gasteiger partial charge in [0, 0.05) is 0 Å². The molecule has 0 saturated heterocycles. The van der Waals surface area contributed by atoms with Crippen molar-refractivity contribution in [2.45, 2.75) is 6.92 Å². The minimum Gasteiger partial charge on any atom is -0.493 e. The summed E-state index contributed by atoms with van der Waals surface area (Å²) < 4.78 is 14.9. The number of hydrogen-bond donors (Lipinski definition) is 1. The fourth-order valence-corrected chi connectivity index (χ4v) is 1.26.